The molecular formula is C13H13N5O. The summed E-state index contributed by atoms with van der Waals surface area (Å²) in [4.78, 5) is 4.36. The van der Waals surface area contributed by atoms with Gasteiger partial charge in [0, 0.05) is 24.5 Å². The molecule has 6 heteroatoms. The van der Waals surface area contributed by atoms with Crippen molar-refractivity contribution in [2.24, 2.45) is 0 Å². The smallest absolute Gasteiger partial charge is 0.227 e. The van der Waals surface area contributed by atoms with Crippen molar-refractivity contribution in [1.82, 2.24) is 20.3 Å². The standard InChI is InChI=1S/C13H13N5O/c14-11-8-10(16-17-11)6-7-12-15-13(18-19-12)9-4-2-1-3-5-9/h1-5,8H,6-7H2,(H3,14,16,17). The molecule has 0 aliphatic rings. The van der Waals surface area contributed by atoms with Crippen molar-refractivity contribution >= 4 is 5.82 Å². The Morgan fingerprint density at radius 3 is 2.74 bits per heavy atom. The Hall–Kier alpha value is -2.63. The molecule has 1 aromatic carbocycles. The summed E-state index contributed by atoms with van der Waals surface area (Å²) in [6.45, 7) is 0. The Kier molecular flexibility index (Phi) is 2.97. The second-order valence-electron chi connectivity index (χ2n) is 4.19. The van der Waals surface area contributed by atoms with E-state index in [1.165, 1.54) is 0 Å². The van der Waals surface area contributed by atoms with Crippen LogP contribution in [0.2, 0.25) is 0 Å². The first-order valence-electron chi connectivity index (χ1n) is 5.99. The van der Waals surface area contributed by atoms with Crippen molar-refractivity contribution in [3.05, 3.63) is 48.0 Å². The van der Waals surface area contributed by atoms with Crippen LogP contribution in [0.1, 0.15) is 11.6 Å². The maximum atomic E-state index is 5.56. The van der Waals surface area contributed by atoms with Crippen molar-refractivity contribution in [2.45, 2.75) is 12.8 Å². The zero-order valence-corrected chi connectivity index (χ0v) is 10.2. The van der Waals surface area contributed by atoms with Crippen LogP contribution in [0.5, 0.6) is 0 Å². The van der Waals surface area contributed by atoms with Gasteiger partial charge in [-0.3, -0.25) is 5.10 Å². The van der Waals surface area contributed by atoms with Crippen LogP contribution in [0.4, 0.5) is 5.82 Å². The topological polar surface area (TPSA) is 93.6 Å². The van der Waals surface area contributed by atoms with Crippen LogP contribution in [-0.4, -0.2) is 20.3 Å². The molecule has 6 nitrogen and oxygen atoms in total. The number of aromatic amines is 1. The maximum absolute atomic E-state index is 5.56. The van der Waals surface area contributed by atoms with Gasteiger partial charge in [-0.15, -0.1) is 0 Å². The molecule has 0 saturated carbocycles. The molecule has 0 aliphatic carbocycles. The lowest BCUT2D eigenvalue weighted by molar-refractivity contribution is 0.378. The highest BCUT2D eigenvalue weighted by atomic mass is 16.5. The molecule has 3 N–H and O–H groups in total. The molecule has 0 aliphatic heterocycles. The molecule has 96 valence electrons. The third-order valence-corrected chi connectivity index (χ3v) is 2.75. The van der Waals surface area contributed by atoms with Gasteiger partial charge in [0.2, 0.25) is 11.7 Å². The fourth-order valence-corrected chi connectivity index (χ4v) is 1.80. The third kappa shape index (κ3) is 2.62. The maximum Gasteiger partial charge on any atom is 0.227 e. The van der Waals surface area contributed by atoms with Crippen LogP contribution in [0.15, 0.2) is 40.9 Å². The average molecular weight is 255 g/mol. The highest BCUT2D eigenvalue weighted by molar-refractivity contribution is 5.53. The molecule has 0 amide bonds. The summed E-state index contributed by atoms with van der Waals surface area (Å²) < 4.78 is 5.22. The largest absolute Gasteiger partial charge is 0.384 e. The number of nitrogens with zero attached hydrogens (tertiary/aromatic N) is 3. The van der Waals surface area contributed by atoms with Crippen molar-refractivity contribution in [2.75, 3.05) is 5.73 Å². The number of hydrogen-bond donors (Lipinski definition) is 2. The Balaban J connectivity index is 1.68. The van der Waals surface area contributed by atoms with E-state index in [-0.39, 0.29) is 0 Å². The van der Waals surface area contributed by atoms with Crippen LogP contribution in [0.3, 0.4) is 0 Å². The lowest BCUT2D eigenvalue weighted by atomic mass is 10.2. The summed E-state index contributed by atoms with van der Waals surface area (Å²) in [5.74, 6) is 1.77. The molecule has 0 unspecified atom stereocenters. The summed E-state index contributed by atoms with van der Waals surface area (Å²) in [5.41, 5.74) is 7.39. The van der Waals surface area contributed by atoms with E-state index in [0.717, 1.165) is 11.3 Å². The molecule has 2 aromatic heterocycles. The Labute approximate surface area is 109 Å². The SMILES string of the molecule is Nc1cc(CCc2nc(-c3ccccc3)no2)n[nH]1. The van der Waals surface area contributed by atoms with E-state index in [9.17, 15) is 0 Å². The first-order chi connectivity index (χ1) is 9.31. The van der Waals surface area contributed by atoms with Gasteiger partial charge in [0.1, 0.15) is 5.82 Å². The molecule has 0 fully saturated rings. The van der Waals surface area contributed by atoms with Crippen LogP contribution >= 0.6 is 0 Å². The van der Waals surface area contributed by atoms with Gasteiger partial charge < -0.3 is 10.3 Å². The lowest BCUT2D eigenvalue weighted by Crippen LogP contribution is -1.92. The molecule has 3 rings (SSSR count). The number of rotatable bonds is 4. The van der Waals surface area contributed by atoms with E-state index in [1.807, 2.05) is 30.3 Å². The van der Waals surface area contributed by atoms with E-state index in [4.69, 9.17) is 10.3 Å². The molecule has 0 saturated heterocycles. The molecular weight excluding hydrogens is 242 g/mol. The highest BCUT2D eigenvalue weighted by Crippen LogP contribution is 2.15. The van der Waals surface area contributed by atoms with E-state index in [1.54, 1.807) is 6.07 Å². The molecule has 0 bridgehead atoms. The number of benzene rings is 1. The van der Waals surface area contributed by atoms with Gasteiger partial charge in [0.05, 0.1) is 5.69 Å². The Bertz CT molecular complexity index is 658. The van der Waals surface area contributed by atoms with Gasteiger partial charge in [-0.2, -0.15) is 10.1 Å². The lowest BCUT2D eigenvalue weighted by Gasteiger charge is -1.91. The second-order valence-corrected chi connectivity index (χ2v) is 4.19. The Morgan fingerprint density at radius 1 is 1.16 bits per heavy atom. The van der Waals surface area contributed by atoms with E-state index >= 15 is 0 Å². The van der Waals surface area contributed by atoms with E-state index in [0.29, 0.717) is 30.4 Å². The van der Waals surface area contributed by atoms with Crippen LogP contribution in [-0.2, 0) is 12.8 Å². The number of aryl methyl sites for hydroxylation is 2. The molecule has 0 spiro atoms. The molecule has 0 radical (unpaired) electrons. The minimum absolute atomic E-state index is 0.561. The van der Waals surface area contributed by atoms with Gasteiger partial charge in [0.25, 0.3) is 0 Å². The zero-order valence-electron chi connectivity index (χ0n) is 10.2. The molecule has 19 heavy (non-hydrogen) atoms. The predicted molar refractivity (Wildman–Crippen MR) is 70.1 cm³/mol. The minimum Gasteiger partial charge on any atom is -0.384 e. The first-order valence-corrected chi connectivity index (χ1v) is 5.99. The van der Waals surface area contributed by atoms with E-state index in [2.05, 4.69) is 20.3 Å². The fraction of sp³-hybridized carbons (Fsp3) is 0.154. The predicted octanol–water partition coefficient (Wildman–Crippen LogP) is 1.83. The van der Waals surface area contributed by atoms with Crippen molar-refractivity contribution < 1.29 is 4.52 Å². The average Bonchev–Trinajstić information content (AvgIpc) is 3.06. The number of anilines is 1. The van der Waals surface area contributed by atoms with Gasteiger partial charge in [-0.25, -0.2) is 0 Å². The number of nitrogens with one attached hydrogen (secondary N) is 1. The van der Waals surface area contributed by atoms with Crippen molar-refractivity contribution in [1.29, 1.82) is 0 Å². The van der Waals surface area contributed by atoms with Crippen molar-refractivity contribution in [3.8, 4) is 11.4 Å². The van der Waals surface area contributed by atoms with Crippen LogP contribution in [0.25, 0.3) is 11.4 Å². The molecule has 3 aromatic rings. The second kappa shape index (κ2) is 4.93. The van der Waals surface area contributed by atoms with E-state index < -0.39 is 0 Å². The van der Waals surface area contributed by atoms with Gasteiger partial charge >= 0.3 is 0 Å². The normalized spacial score (nSPS) is 10.7. The summed E-state index contributed by atoms with van der Waals surface area (Å²) in [6.07, 6.45) is 1.36. The molecule has 2 heterocycles. The molecule has 0 atom stereocenters. The van der Waals surface area contributed by atoms with Gasteiger partial charge in [0.15, 0.2) is 0 Å². The number of H-pyrrole nitrogens is 1. The highest BCUT2D eigenvalue weighted by Gasteiger charge is 2.09. The van der Waals surface area contributed by atoms with Gasteiger partial charge in [-0.1, -0.05) is 35.5 Å². The van der Waals surface area contributed by atoms with Crippen LogP contribution in [0, 0.1) is 0 Å². The summed E-state index contributed by atoms with van der Waals surface area (Å²) in [5, 5.41) is 10.7. The third-order valence-electron chi connectivity index (χ3n) is 2.75. The quantitative estimate of drug-likeness (QED) is 0.741. The monoisotopic (exact) mass is 255 g/mol. The van der Waals surface area contributed by atoms with Crippen molar-refractivity contribution in [3.63, 3.8) is 0 Å². The first kappa shape index (κ1) is 11.5. The fourth-order valence-electron chi connectivity index (χ4n) is 1.80. The summed E-state index contributed by atoms with van der Waals surface area (Å²) >= 11 is 0. The number of hydrogen-bond acceptors (Lipinski definition) is 5. The number of nitrogen functional groups attached to an aromatic ring is 1. The van der Waals surface area contributed by atoms with Crippen LogP contribution < -0.4 is 5.73 Å². The number of aromatic nitrogens is 4. The summed E-state index contributed by atoms with van der Waals surface area (Å²) in [6, 6.07) is 11.5. The Morgan fingerprint density at radius 2 is 2.00 bits per heavy atom. The summed E-state index contributed by atoms with van der Waals surface area (Å²) in [7, 11) is 0. The number of nitrogens with two attached hydrogens (primary N) is 1. The zero-order chi connectivity index (χ0) is 13.1. The van der Waals surface area contributed by atoms with Gasteiger partial charge in [-0.05, 0) is 0 Å². The minimum atomic E-state index is 0.561.